The van der Waals surface area contributed by atoms with Gasteiger partial charge in [-0.1, -0.05) is 11.6 Å². The molecule has 0 saturated carbocycles. The smallest absolute Gasteiger partial charge is 0.331 e. The highest BCUT2D eigenvalue weighted by Crippen LogP contribution is 2.31. The van der Waals surface area contributed by atoms with Crippen molar-refractivity contribution in [3.05, 3.63) is 29.3 Å². The van der Waals surface area contributed by atoms with E-state index in [1.807, 2.05) is 26.0 Å². The number of carbonyl (C=O) groups excluding carboxylic acids is 1. The summed E-state index contributed by atoms with van der Waals surface area (Å²) in [6.07, 6.45) is 1.21. The summed E-state index contributed by atoms with van der Waals surface area (Å²) in [6.45, 7) is 4.70. The van der Waals surface area contributed by atoms with Crippen LogP contribution in [0.15, 0.2) is 24.3 Å². The summed E-state index contributed by atoms with van der Waals surface area (Å²) in [5.74, 6) is -0.217. The highest BCUT2D eigenvalue weighted by Gasteiger charge is 2.43. The number of rotatable bonds is 4. The van der Waals surface area contributed by atoms with Crippen molar-refractivity contribution in [2.24, 2.45) is 0 Å². The molecule has 1 aliphatic rings. The fourth-order valence-corrected chi connectivity index (χ4v) is 2.64. The minimum Gasteiger partial charge on any atom is -0.464 e. The van der Waals surface area contributed by atoms with Crippen molar-refractivity contribution in [1.29, 1.82) is 0 Å². The minimum absolute atomic E-state index is 0.0213. The van der Waals surface area contributed by atoms with E-state index < -0.39 is 5.54 Å². The lowest BCUT2D eigenvalue weighted by molar-refractivity contribution is -0.153. The second-order valence-corrected chi connectivity index (χ2v) is 5.51. The first-order chi connectivity index (χ1) is 9.55. The maximum absolute atomic E-state index is 12.4. The lowest BCUT2D eigenvalue weighted by atomic mass is 9.86. The number of hydrogen-bond donors (Lipinski definition) is 1. The van der Waals surface area contributed by atoms with Gasteiger partial charge in [0.05, 0.1) is 12.7 Å². The van der Waals surface area contributed by atoms with Crippen molar-refractivity contribution in [3.63, 3.8) is 0 Å². The number of halogens is 1. The van der Waals surface area contributed by atoms with Gasteiger partial charge in [0.15, 0.2) is 0 Å². The first-order valence-corrected chi connectivity index (χ1v) is 7.26. The number of benzene rings is 1. The fourth-order valence-electron chi connectivity index (χ4n) is 2.51. The average Bonchev–Trinajstić information content (AvgIpc) is 2.42. The standard InChI is InChI=1S/C15H20ClNO3/c1-3-19-14(18)15(8-9-20-11(2)10-15)17-13-6-4-12(16)5-7-13/h4-7,11,17H,3,8-10H2,1-2H3. The maximum Gasteiger partial charge on any atom is 0.331 e. The van der Waals surface area contributed by atoms with Gasteiger partial charge in [-0.15, -0.1) is 0 Å². The molecule has 2 rings (SSSR count). The fraction of sp³-hybridized carbons (Fsp3) is 0.533. The first kappa shape index (κ1) is 15.1. The molecule has 1 fully saturated rings. The lowest BCUT2D eigenvalue weighted by Gasteiger charge is -2.39. The Labute approximate surface area is 124 Å². The second-order valence-electron chi connectivity index (χ2n) is 5.07. The van der Waals surface area contributed by atoms with Crippen LogP contribution in [0.4, 0.5) is 5.69 Å². The van der Waals surface area contributed by atoms with Gasteiger partial charge in [-0.25, -0.2) is 4.79 Å². The average molecular weight is 298 g/mol. The van der Waals surface area contributed by atoms with Gasteiger partial charge in [0.1, 0.15) is 5.54 Å². The molecule has 0 aromatic heterocycles. The van der Waals surface area contributed by atoms with Gasteiger partial charge in [0.25, 0.3) is 0 Å². The maximum atomic E-state index is 12.4. The molecule has 0 spiro atoms. The summed E-state index contributed by atoms with van der Waals surface area (Å²) in [5.41, 5.74) is 0.137. The van der Waals surface area contributed by atoms with Crippen LogP contribution in [-0.2, 0) is 14.3 Å². The third kappa shape index (κ3) is 3.44. The summed E-state index contributed by atoms with van der Waals surface area (Å²) in [4.78, 5) is 12.4. The van der Waals surface area contributed by atoms with Gasteiger partial charge < -0.3 is 14.8 Å². The largest absolute Gasteiger partial charge is 0.464 e. The molecular formula is C15H20ClNO3. The van der Waals surface area contributed by atoms with E-state index in [1.165, 1.54) is 0 Å². The van der Waals surface area contributed by atoms with Gasteiger partial charge in [-0.05, 0) is 38.1 Å². The van der Waals surface area contributed by atoms with E-state index >= 15 is 0 Å². The van der Waals surface area contributed by atoms with Gasteiger partial charge in [0, 0.05) is 30.2 Å². The number of anilines is 1. The van der Waals surface area contributed by atoms with E-state index in [1.54, 1.807) is 12.1 Å². The molecule has 1 aromatic carbocycles. The SMILES string of the molecule is CCOC(=O)C1(Nc2ccc(Cl)cc2)CCOC(C)C1. The molecule has 1 aliphatic heterocycles. The molecule has 110 valence electrons. The van der Waals surface area contributed by atoms with Crippen LogP contribution in [0, 0.1) is 0 Å². The zero-order valence-electron chi connectivity index (χ0n) is 11.8. The van der Waals surface area contributed by atoms with Crippen molar-refractivity contribution in [3.8, 4) is 0 Å². The van der Waals surface area contributed by atoms with Gasteiger partial charge in [-0.3, -0.25) is 0 Å². The molecule has 4 nitrogen and oxygen atoms in total. The van der Waals surface area contributed by atoms with Gasteiger partial charge in [0.2, 0.25) is 0 Å². The predicted molar refractivity (Wildman–Crippen MR) is 79.1 cm³/mol. The van der Waals surface area contributed by atoms with E-state index in [9.17, 15) is 4.79 Å². The third-order valence-corrected chi connectivity index (χ3v) is 3.71. The van der Waals surface area contributed by atoms with E-state index in [-0.39, 0.29) is 12.1 Å². The highest BCUT2D eigenvalue weighted by molar-refractivity contribution is 6.30. The molecule has 1 saturated heterocycles. The number of nitrogens with one attached hydrogen (secondary N) is 1. The van der Waals surface area contributed by atoms with Crippen LogP contribution in [0.2, 0.25) is 5.02 Å². The van der Waals surface area contributed by atoms with Crippen LogP contribution in [0.1, 0.15) is 26.7 Å². The van der Waals surface area contributed by atoms with E-state index in [2.05, 4.69) is 5.32 Å². The molecular weight excluding hydrogens is 278 g/mol. The van der Waals surface area contributed by atoms with Crippen molar-refractivity contribution < 1.29 is 14.3 Å². The zero-order valence-corrected chi connectivity index (χ0v) is 12.6. The number of esters is 1. The molecule has 1 aromatic rings. The van der Waals surface area contributed by atoms with Gasteiger partial charge >= 0.3 is 5.97 Å². The normalized spacial score (nSPS) is 26.1. The van der Waals surface area contributed by atoms with Crippen LogP contribution in [0.5, 0.6) is 0 Å². The Morgan fingerprint density at radius 2 is 2.20 bits per heavy atom. The molecule has 20 heavy (non-hydrogen) atoms. The third-order valence-electron chi connectivity index (χ3n) is 3.46. The molecule has 0 amide bonds. The van der Waals surface area contributed by atoms with Crippen LogP contribution in [0.3, 0.4) is 0 Å². The Morgan fingerprint density at radius 1 is 1.50 bits per heavy atom. The molecule has 1 heterocycles. The summed E-state index contributed by atoms with van der Waals surface area (Å²) in [6, 6.07) is 7.32. The first-order valence-electron chi connectivity index (χ1n) is 6.88. The quantitative estimate of drug-likeness (QED) is 0.867. The Balaban J connectivity index is 2.21. The molecule has 5 heteroatoms. The zero-order chi connectivity index (χ0) is 14.6. The Kier molecular flexibility index (Phi) is 4.89. The Hall–Kier alpha value is -1.26. The summed E-state index contributed by atoms with van der Waals surface area (Å²) in [7, 11) is 0. The summed E-state index contributed by atoms with van der Waals surface area (Å²) < 4.78 is 10.8. The highest BCUT2D eigenvalue weighted by atomic mass is 35.5. The number of hydrogen-bond acceptors (Lipinski definition) is 4. The number of carbonyl (C=O) groups is 1. The van der Waals surface area contributed by atoms with Crippen molar-refractivity contribution in [2.45, 2.75) is 38.3 Å². The van der Waals surface area contributed by atoms with Crippen molar-refractivity contribution in [2.75, 3.05) is 18.5 Å². The summed E-state index contributed by atoms with van der Waals surface area (Å²) >= 11 is 5.89. The van der Waals surface area contributed by atoms with E-state index in [0.717, 1.165) is 5.69 Å². The molecule has 0 aliphatic carbocycles. The monoisotopic (exact) mass is 297 g/mol. The Morgan fingerprint density at radius 3 is 2.80 bits per heavy atom. The molecule has 2 atom stereocenters. The Bertz CT molecular complexity index is 463. The molecule has 0 radical (unpaired) electrons. The van der Waals surface area contributed by atoms with Crippen LogP contribution >= 0.6 is 11.6 Å². The minimum atomic E-state index is -0.721. The second kappa shape index (κ2) is 6.46. The molecule has 0 bridgehead atoms. The van der Waals surface area contributed by atoms with E-state index in [0.29, 0.717) is 31.1 Å². The van der Waals surface area contributed by atoms with Crippen LogP contribution in [0.25, 0.3) is 0 Å². The molecule has 2 unspecified atom stereocenters. The predicted octanol–water partition coefficient (Wildman–Crippen LogP) is 3.25. The van der Waals surface area contributed by atoms with Crippen molar-refractivity contribution in [1.82, 2.24) is 0 Å². The molecule has 1 N–H and O–H groups in total. The summed E-state index contributed by atoms with van der Waals surface area (Å²) in [5, 5.41) is 3.99. The van der Waals surface area contributed by atoms with Crippen molar-refractivity contribution >= 4 is 23.3 Å². The number of ether oxygens (including phenoxy) is 2. The van der Waals surface area contributed by atoms with Crippen LogP contribution in [-0.4, -0.2) is 30.8 Å². The topological polar surface area (TPSA) is 47.6 Å². The van der Waals surface area contributed by atoms with Crippen LogP contribution < -0.4 is 5.32 Å². The lowest BCUT2D eigenvalue weighted by Crippen LogP contribution is -2.53. The van der Waals surface area contributed by atoms with Gasteiger partial charge in [-0.2, -0.15) is 0 Å². The van der Waals surface area contributed by atoms with E-state index in [4.69, 9.17) is 21.1 Å².